The summed E-state index contributed by atoms with van der Waals surface area (Å²) in [7, 11) is 2.78. The van der Waals surface area contributed by atoms with E-state index in [-0.39, 0.29) is 0 Å². The highest BCUT2D eigenvalue weighted by Gasteiger charge is 1.99. The van der Waals surface area contributed by atoms with Crippen LogP contribution in [-0.4, -0.2) is 25.9 Å². The second-order valence-electron chi connectivity index (χ2n) is 2.21. The van der Waals surface area contributed by atoms with Gasteiger partial charge in [-0.25, -0.2) is 4.79 Å². The average molecular weight is 171 g/mol. The molecule has 0 spiro atoms. The van der Waals surface area contributed by atoms with Crippen molar-refractivity contribution in [2.24, 2.45) is 5.16 Å². The fraction of sp³-hybridized carbons (Fsp3) is 0.500. The maximum Gasteiger partial charge on any atom is 0.330 e. The Bertz CT molecular complexity index is 218. The van der Waals surface area contributed by atoms with E-state index in [0.29, 0.717) is 5.71 Å². The van der Waals surface area contributed by atoms with Crippen molar-refractivity contribution in [2.45, 2.75) is 13.8 Å². The first-order valence-corrected chi connectivity index (χ1v) is 3.46. The first-order valence-electron chi connectivity index (χ1n) is 3.46. The lowest BCUT2D eigenvalue weighted by Gasteiger charge is -1.98. The molecular formula is C8H13NO3. The minimum atomic E-state index is -0.391. The summed E-state index contributed by atoms with van der Waals surface area (Å²) in [4.78, 5) is 15.3. The van der Waals surface area contributed by atoms with Gasteiger partial charge in [0.1, 0.15) is 7.11 Å². The highest BCUT2D eigenvalue weighted by Crippen LogP contribution is 1.97. The molecule has 4 nitrogen and oxygen atoms in total. The predicted octanol–water partition coefficient (Wildman–Crippen LogP) is 1.13. The lowest BCUT2D eigenvalue weighted by atomic mass is 10.2. The van der Waals surface area contributed by atoms with Crippen LogP contribution in [0, 0.1) is 0 Å². The Kier molecular flexibility index (Phi) is 4.76. The van der Waals surface area contributed by atoms with Gasteiger partial charge in [-0.2, -0.15) is 0 Å². The number of carbonyl (C=O) groups excluding carboxylic acids is 1. The van der Waals surface area contributed by atoms with Gasteiger partial charge in [0.2, 0.25) is 0 Å². The number of oxime groups is 1. The largest absolute Gasteiger partial charge is 0.466 e. The first-order chi connectivity index (χ1) is 5.61. The minimum absolute atomic E-state index is 0.391. The number of hydrogen-bond acceptors (Lipinski definition) is 4. The molecule has 0 radical (unpaired) electrons. The number of esters is 1. The van der Waals surface area contributed by atoms with Gasteiger partial charge < -0.3 is 9.57 Å². The van der Waals surface area contributed by atoms with Gasteiger partial charge in [0.25, 0.3) is 0 Å². The van der Waals surface area contributed by atoms with Crippen LogP contribution < -0.4 is 0 Å². The number of nitrogens with zero attached hydrogens (tertiary/aromatic N) is 1. The second kappa shape index (κ2) is 5.35. The van der Waals surface area contributed by atoms with Crippen molar-refractivity contribution in [3.63, 3.8) is 0 Å². The topological polar surface area (TPSA) is 47.9 Å². The van der Waals surface area contributed by atoms with Gasteiger partial charge in [0, 0.05) is 6.08 Å². The smallest absolute Gasteiger partial charge is 0.330 e. The quantitative estimate of drug-likeness (QED) is 0.277. The van der Waals surface area contributed by atoms with Crippen molar-refractivity contribution in [2.75, 3.05) is 14.2 Å². The molecule has 0 fully saturated rings. The Labute approximate surface area is 71.8 Å². The van der Waals surface area contributed by atoms with E-state index < -0.39 is 5.97 Å². The summed E-state index contributed by atoms with van der Waals surface area (Å²) in [5.74, 6) is -0.391. The lowest BCUT2D eigenvalue weighted by Crippen LogP contribution is -2.01. The van der Waals surface area contributed by atoms with Crippen LogP contribution >= 0.6 is 0 Å². The van der Waals surface area contributed by atoms with E-state index in [1.54, 1.807) is 13.8 Å². The molecule has 68 valence electrons. The Morgan fingerprint density at radius 2 is 1.92 bits per heavy atom. The monoisotopic (exact) mass is 171 g/mol. The van der Waals surface area contributed by atoms with Crippen LogP contribution in [0.5, 0.6) is 0 Å². The molecule has 0 N–H and O–H groups in total. The van der Waals surface area contributed by atoms with Gasteiger partial charge >= 0.3 is 5.97 Å². The van der Waals surface area contributed by atoms with E-state index in [0.717, 1.165) is 5.57 Å². The maximum atomic E-state index is 10.7. The van der Waals surface area contributed by atoms with Crippen LogP contribution in [-0.2, 0) is 14.4 Å². The molecule has 0 bridgehead atoms. The van der Waals surface area contributed by atoms with Crippen LogP contribution in [0.25, 0.3) is 0 Å². The first kappa shape index (κ1) is 10.7. The van der Waals surface area contributed by atoms with Crippen molar-refractivity contribution < 1.29 is 14.4 Å². The van der Waals surface area contributed by atoms with Crippen molar-refractivity contribution in [1.29, 1.82) is 0 Å². The third-order valence-corrected chi connectivity index (χ3v) is 1.33. The summed E-state index contributed by atoms with van der Waals surface area (Å²) in [5, 5.41) is 3.65. The SMILES string of the molecule is CO/N=C(C)/C(C)=C/C(=O)OC. The molecule has 0 aliphatic heterocycles. The molecule has 0 aliphatic carbocycles. The maximum absolute atomic E-state index is 10.7. The van der Waals surface area contributed by atoms with Crippen LogP contribution in [0.3, 0.4) is 0 Å². The summed E-state index contributed by atoms with van der Waals surface area (Å²) < 4.78 is 4.44. The standard InChI is InChI=1S/C8H13NO3/c1-6(5-8(10)11-3)7(2)9-12-4/h5H,1-4H3/b6-5+,9-7+. The van der Waals surface area contributed by atoms with Crippen LogP contribution in [0.1, 0.15) is 13.8 Å². The molecule has 0 heterocycles. The minimum Gasteiger partial charge on any atom is -0.466 e. The summed E-state index contributed by atoms with van der Waals surface area (Å²) in [6.45, 7) is 3.51. The summed E-state index contributed by atoms with van der Waals surface area (Å²) in [6.07, 6.45) is 1.36. The average Bonchev–Trinajstić information content (AvgIpc) is 2.04. The van der Waals surface area contributed by atoms with Crippen molar-refractivity contribution >= 4 is 11.7 Å². The number of hydrogen-bond donors (Lipinski definition) is 0. The number of carbonyl (C=O) groups is 1. The Morgan fingerprint density at radius 1 is 1.33 bits per heavy atom. The zero-order chi connectivity index (χ0) is 9.56. The van der Waals surface area contributed by atoms with Gasteiger partial charge in [-0.05, 0) is 19.4 Å². The van der Waals surface area contributed by atoms with Crippen molar-refractivity contribution in [3.8, 4) is 0 Å². The molecule has 0 amide bonds. The Hall–Kier alpha value is -1.32. The Balaban J connectivity index is 4.37. The van der Waals surface area contributed by atoms with Crippen molar-refractivity contribution in [1.82, 2.24) is 0 Å². The van der Waals surface area contributed by atoms with E-state index in [9.17, 15) is 4.79 Å². The van der Waals surface area contributed by atoms with E-state index in [4.69, 9.17) is 0 Å². The third kappa shape index (κ3) is 3.75. The van der Waals surface area contributed by atoms with E-state index >= 15 is 0 Å². The molecule has 0 unspecified atom stereocenters. The van der Waals surface area contributed by atoms with Gasteiger partial charge in [0.15, 0.2) is 0 Å². The fourth-order valence-corrected chi connectivity index (χ4v) is 0.549. The number of ether oxygens (including phenoxy) is 1. The van der Waals surface area contributed by atoms with Crippen LogP contribution in [0.2, 0.25) is 0 Å². The van der Waals surface area contributed by atoms with Gasteiger partial charge in [-0.15, -0.1) is 0 Å². The highest BCUT2D eigenvalue weighted by molar-refractivity contribution is 6.01. The van der Waals surface area contributed by atoms with Gasteiger partial charge in [-0.3, -0.25) is 0 Å². The highest BCUT2D eigenvalue weighted by atomic mass is 16.6. The summed E-state index contributed by atoms with van der Waals surface area (Å²) >= 11 is 0. The third-order valence-electron chi connectivity index (χ3n) is 1.33. The van der Waals surface area contributed by atoms with Gasteiger partial charge in [0.05, 0.1) is 12.8 Å². The molecule has 0 aliphatic rings. The zero-order valence-electron chi connectivity index (χ0n) is 7.75. The molecule has 12 heavy (non-hydrogen) atoms. The zero-order valence-corrected chi connectivity index (χ0v) is 7.75. The van der Waals surface area contributed by atoms with E-state index in [1.165, 1.54) is 20.3 Å². The molecule has 0 aromatic carbocycles. The summed E-state index contributed by atoms with van der Waals surface area (Å²) in [6, 6.07) is 0. The van der Waals surface area contributed by atoms with Gasteiger partial charge in [-0.1, -0.05) is 5.16 Å². The number of allylic oxidation sites excluding steroid dienone is 1. The molecule has 0 saturated carbocycles. The Morgan fingerprint density at radius 3 is 2.33 bits per heavy atom. The predicted molar refractivity (Wildman–Crippen MR) is 45.9 cm³/mol. The lowest BCUT2D eigenvalue weighted by molar-refractivity contribution is -0.134. The fourth-order valence-electron chi connectivity index (χ4n) is 0.549. The normalized spacial score (nSPS) is 12.7. The molecule has 0 atom stereocenters. The molecule has 0 aromatic rings. The number of methoxy groups -OCH3 is 1. The molecule has 0 saturated heterocycles. The van der Waals surface area contributed by atoms with E-state index in [2.05, 4.69) is 14.7 Å². The molecule has 4 heteroatoms. The second-order valence-corrected chi connectivity index (χ2v) is 2.21. The van der Waals surface area contributed by atoms with E-state index in [1.807, 2.05) is 0 Å². The van der Waals surface area contributed by atoms with Crippen molar-refractivity contribution in [3.05, 3.63) is 11.6 Å². The van der Waals surface area contributed by atoms with Crippen LogP contribution in [0.15, 0.2) is 16.8 Å². The molecular weight excluding hydrogens is 158 g/mol. The number of rotatable bonds is 3. The summed E-state index contributed by atoms with van der Waals surface area (Å²) in [5.41, 5.74) is 1.38. The molecule has 0 aromatic heterocycles. The van der Waals surface area contributed by atoms with Crippen LogP contribution in [0.4, 0.5) is 0 Å². The molecule has 0 rings (SSSR count).